The summed E-state index contributed by atoms with van der Waals surface area (Å²) in [7, 11) is 1.74. The molecule has 0 atom stereocenters. The maximum atomic E-state index is 5.35. The Morgan fingerprint density at radius 2 is 1.88 bits per heavy atom. The molecule has 1 N–H and O–H groups in total. The van der Waals surface area contributed by atoms with Crippen LogP contribution in [0, 0.1) is 0 Å². The first-order valence-corrected chi connectivity index (χ1v) is 6.25. The van der Waals surface area contributed by atoms with Crippen molar-refractivity contribution in [2.45, 2.75) is 44.7 Å². The number of para-hydroxylation sites is 1. The first-order valence-electron chi connectivity index (χ1n) is 6.25. The van der Waals surface area contributed by atoms with Gasteiger partial charge in [-0.05, 0) is 18.9 Å². The monoisotopic (exact) mass is 255 g/mol. The SMILES string of the molecule is COc1ccccc1CNC1CCCCC1.Cl. The molecule has 1 fully saturated rings. The molecule has 0 spiro atoms. The number of hydrogen-bond donors (Lipinski definition) is 1. The van der Waals surface area contributed by atoms with Crippen molar-refractivity contribution in [2.75, 3.05) is 7.11 Å². The van der Waals surface area contributed by atoms with Crippen LogP contribution in [0.3, 0.4) is 0 Å². The van der Waals surface area contributed by atoms with E-state index >= 15 is 0 Å². The normalized spacial score (nSPS) is 16.3. The van der Waals surface area contributed by atoms with Crippen molar-refractivity contribution in [1.29, 1.82) is 0 Å². The molecule has 0 heterocycles. The van der Waals surface area contributed by atoms with E-state index in [1.54, 1.807) is 7.11 Å². The van der Waals surface area contributed by atoms with E-state index in [0.29, 0.717) is 6.04 Å². The molecule has 0 unspecified atom stereocenters. The molecule has 2 rings (SSSR count). The zero-order chi connectivity index (χ0) is 11.2. The highest BCUT2D eigenvalue weighted by atomic mass is 35.5. The summed E-state index contributed by atoms with van der Waals surface area (Å²) in [6, 6.07) is 8.95. The van der Waals surface area contributed by atoms with Gasteiger partial charge in [0.25, 0.3) is 0 Å². The second kappa shape index (κ2) is 7.57. The number of hydrogen-bond acceptors (Lipinski definition) is 2. The van der Waals surface area contributed by atoms with Crippen LogP contribution in [0.15, 0.2) is 24.3 Å². The van der Waals surface area contributed by atoms with Crippen molar-refractivity contribution < 1.29 is 4.74 Å². The average Bonchev–Trinajstić information content (AvgIpc) is 2.38. The van der Waals surface area contributed by atoms with Gasteiger partial charge < -0.3 is 10.1 Å². The zero-order valence-corrected chi connectivity index (χ0v) is 11.3. The van der Waals surface area contributed by atoms with E-state index in [4.69, 9.17) is 4.74 Å². The molecular weight excluding hydrogens is 234 g/mol. The van der Waals surface area contributed by atoms with Crippen molar-refractivity contribution in [3.05, 3.63) is 29.8 Å². The number of halogens is 1. The second-order valence-corrected chi connectivity index (χ2v) is 4.53. The van der Waals surface area contributed by atoms with Gasteiger partial charge >= 0.3 is 0 Å². The fourth-order valence-electron chi connectivity index (χ4n) is 2.41. The topological polar surface area (TPSA) is 21.3 Å². The Kier molecular flexibility index (Phi) is 6.38. The maximum Gasteiger partial charge on any atom is 0.123 e. The van der Waals surface area contributed by atoms with Gasteiger partial charge in [-0.3, -0.25) is 0 Å². The number of ether oxygens (including phenoxy) is 1. The third-order valence-electron chi connectivity index (χ3n) is 3.38. The lowest BCUT2D eigenvalue weighted by Crippen LogP contribution is -2.30. The molecule has 1 aliphatic rings. The minimum atomic E-state index is 0. The highest BCUT2D eigenvalue weighted by Crippen LogP contribution is 2.20. The third-order valence-corrected chi connectivity index (χ3v) is 3.38. The van der Waals surface area contributed by atoms with Gasteiger partial charge in [-0.1, -0.05) is 37.5 Å². The fraction of sp³-hybridized carbons (Fsp3) is 0.571. The standard InChI is InChI=1S/C14H21NO.ClH/c1-16-14-10-6-5-7-12(14)11-15-13-8-3-2-4-9-13;/h5-7,10,13,15H,2-4,8-9,11H2,1H3;1H. The van der Waals surface area contributed by atoms with Gasteiger partial charge in [-0.15, -0.1) is 12.4 Å². The molecular formula is C14H22ClNO. The number of nitrogens with one attached hydrogen (secondary N) is 1. The van der Waals surface area contributed by atoms with Crippen molar-refractivity contribution in [1.82, 2.24) is 5.32 Å². The Labute approximate surface area is 110 Å². The zero-order valence-electron chi connectivity index (χ0n) is 10.4. The molecule has 0 aromatic heterocycles. The Balaban J connectivity index is 0.00000144. The maximum absolute atomic E-state index is 5.35. The van der Waals surface area contributed by atoms with E-state index in [1.807, 2.05) is 12.1 Å². The molecule has 1 saturated carbocycles. The number of benzene rings is 1. The summed E-state index contributed by atoms with van der Waals surface area (Å²) >= 11 is 0. The van der Waals surface area contributed by atoms with Crippen molar-refractivity contribution >= 4 is 12.4 Å². The van der Waals surface area contributed by atoms with Crippen LogP contribution in [-0.4, -0.2) is 13.2 Å². The van der Waals surface area contributed by atoms with Crippen molar-refractivity contribution in [3.8, 4) is 5.75 Å². The van der Waals surface area contributed by atoms with Crippen molar-refractivity contribution in [3.63, 3.8) is 0 Å². The van der Waals surface area contributed by atoms with Crippen LogP contribution in [-0.2, 0) is 6.54 Å². The van der Waals surface area contributed by atoms with Gasteiger partial charge in [0.15, 0.2) is 0 Å². The van der Waals surface area contributed by atoms with Crippen LogP contribution in [0.2, 0.25) is 0 Å². The van der Waals surface area contributed by atoms with Crippen LogP contribution in [0.1, 0.15) is 37.7 Å². The Bertz CT molecular complexity index is 324. The van der Waals surface area contributed by atoms with Gasteiger partial charge in [-0.2, -0.15) is 0 Å². The fourth-order valence-corrected chi connectivity index (χ4v) is 2.41. The van der Waals surface area contributed by atoms with Crippen LogP contribution >= 0.6 is 12.4 Å². The molecule has 2 nitrogen and oxygen atoms in total. The molecule has 0 saturated heterocycles. The van der Waals surface area contributed by atoms with Crippen LogP contribution in [0.4, 0.5) is 0 Å². The summed E-state index contributed by atoms with van der Waals surface area (Å²) in [6.07, 6.45) is 6.82. The summed E-state index contributed by atoms with van der Waals surface area (Å²) in [5.41, 5.74) is 1.26. The molecule has 0 radical (unpaired) electrons. The van der Waals surface area contributed by atoms with E-state index in [0.717, 1.165) is 12.3 Å². The van der Waals surface area contributed by atoms with Gasteiger partial charge in [-0.25, -0.2) is 0 Å². The highest BCUT2D eigenvalue weighted by Gasteiger charge is 2.12. The molecule has 1 aromatic carbocycles. The number of rotatable bonds is 4. The molecule has 17 heavy (non-hydrogen) atoms. The minimum absolute atomic E-state index is 0. The first kappa shape index (κ1) is 14.3. The summed E-state index contributed by atoms with van der Waals surface area (Å²) in [6.45, 7) is 0.925. The quantitative estimate of drug-likeness (QED) is 0.889. The molecule has 3 heteroatoms. The Hall–Kier alpha value is -0.730. The largest absolute Gasteiger partial charge is 0.496 e. The highest BCUT2D eigenvalue weighted by molar-refractivity contribution is 5.85. The molecule has 96 valence electrons. The molecule has 0 amide bonds. The summed E-state index contributed by atoms with van der Waals surface area (Å²) < 4.78 is 5.35. The lowest BCUT2D eigenvalue weighted by Gasteiger charge is -2.23. The van der Waals surface area contributed by atoms with E-state index < -0.39 is 0 Å². The van der Waals surface area contributed by atoms with Gasteiger partial charge in [0.2, 0.25) is 0 Å². The van der Waals surface area contributed by atoms with Crippen molar-refractivity contribution in [2.24, 2.45) is 0 Å². The minimum Gasteiger partial charge on any atom is -0.496 e. The molecule has 1 aromatic rings. The third kappa shape index (κ3) is 4.21. The first-order chi connectivity index (χ1) is 7.90. The summed E-state index contributed by atoms with van der Waals surface area (Å²) in [5.74, 6) is 0.991. The average molecular weight is 256 g/mol. The van der Waals surface area contributed by atoms with E-state index in [1.165, 1.54) is 37.7 Å². The Morgan fingerprint density at radius 1 is 1.18 bits per heavy atom. The van der Waals surface area contributed by atoms with Crippen LogP contribution in [0.25, 0.3) is 0 Å². The van der Waals surface area contributed by atoms with Gasteiger partial charge in [0, 0.05) is 18.2 Å². The van der Waals surface area contributed by atoms with Gasteiger partial charge in [0.05, 0.1) is 7.11 Å². The smallest absolute Gasteiger partial charge is 0.123 e. The van der Waals surface area contributed by atoms with Crippen LogP contribution < -0.4 is 10.1 Å². The lowest BCUT2D eigenvalue weighted by atomic mass is 9.95. The predicted octanol–water partition coefficient (Wildman–Crippen LogP) is 3.54. The molecule has 0 bridgehead atoms. The van der Waals surface area contributed by atoms with Crippen LogP contribution in [0.5, 0.6) is 5.75 Å². The Morgan fingerprint density at radius 3 is 2.59 bits per heavy atom. The summed E-state index contributed by atoms with van der Waals surface area (Å²) in [5, 5.41) is 3.63. The number of methoxy groups -OCH3 is 1. The summed E-state index contributed by atoms with van der Waals surface area (Å²) in [4.78, 5) is 0. The van der Waals surface area contributed by atoms with E-state index in [9.17, 15) is 0 Å². The van der Waals surface area contributed by atoms with E-state index in [-0.39, 0.29) is 12.4 Å². The van der Waals surface area contributed by atoms with Gasteiger partial charge in [0.1, 0.15) is 5.75 Å². The predicted molar refractivity (Wildman–Crippen MR) is 74.0 cm³/mol. The lowest BCUT2D eigenvalue weighted by molar-refractivity contribution is 0.365. The second-order valence-electron chi connectivity index (χ2n) is 4.53. The molecule has 1 aliphatic carbocycles. The van der Waals surface area contributed by atoms with E-state index in [2.05, 4.69) is 17.4 Å². The molecule has 0 aliphatic heterocycles.